The number of rotatable bonds is 7. The highest BCUT2D eigenvalue weighted by atomic mass is 32.2. The van der Waals surface area contributed by atoms with E-state index in [0.29, 0.717) is 43.7 Å². The molecule has 14 nitrogen and oxygen atoms in total. The molecule has 0 bridgehead atoms. The number of fused-ring (bicyclic) bond motifs is 5. The standard InChI is InChI=1S/C40H43N7O7S/c1-24-21-42-33(22-41-24)35(48)43-32-16-6-4-2-3-5-11-25-20-40(25,39(51)46-55(52,53)27-17-18-27)45-36(49)34-19-26(23-47(34)38(32)50)54-37-30-14-8-7-12-28(30)29-13-9-10-15-31(29)44-37/h5,7-15,21-22,25-27,32,34H,2-4,6,16-20,23H2,1H3,(H,43,48)(H,45,49)(H,46,51)/b11-5-/t25?,26-,32?,34+,40-/m1/s1. The molecule has 4 aliphatic rings. The monoisotopic (exact) mass is 765 g/mol. The number of hydrogen-bond donors (Lipinski definition) is 3. The maximum Gasteiger partial charge on any atom is 0.272 e. The molecule has 0 radical (unpaired) electrons. The Morgan fingerprint density at radius 2 is 1.71 bits per heavy atom. The predicted molar refractivity (Wildman–Crippen MR) is 203 cm³/mol. The van der Waals surface area contributed by atoms with Gasteiger partial charge in [0, 0.05) is 29.3 Å². The molecule has 286 valence electrons. The van der Waals surface area contributed by atoms with Gasteiger partial charge in [-0.1, -0.05) is 61.4 Å². The van der Waals surface area contributed by atoms with Gasteiger partial charge >= 0.3 is 0 Å². The van der Waals surface area contributed by atoms with E-state index in [1.165, 1.54) is 17.3 Å². The van der Waals surface area contributed by atoms with E-state index in [1.54, 1.807) is 6.92 Å². The van der Waals surface area contributed by atoms with Crippen LogP contribution in [0.1, 0.15) is 74.0 Å². The van der Waals surface area contributed by atoms with Crippen LogP contribution in [-0.2, 0) is 24.4 Å². The molecule has 15 heteroatoms. The minimum Gasteiger partial charge on any atom is -0.472 e. The maximum absolute atomic E-state index is 14.6. The van der Waals surface area contributed by atoms with Crippen LogP contribution in [0.25, 0.3) is 21.7 Å². The molecular weight excluding hydrogens is 723 g/mol. The lowest BCUT2D eigenvalue weighted by molar-refractivity contribution is -0.141. The number of pyridine rings is 1. The molecule has 0 spiro atoms. The summed E-state index contributed by atoms with van der Waals surface area (Å²) in [4.78, 5) is 70.9. The second-order valence-electron chi connectivity index (χ2n) is 15.0. The van der Waals surface area contributed by atoms with Crippen molar-refractivity contribution in [3.63, 3.8) is 0 Å². The molecule has 3 fully saturated rings. The summed E-state index contributed by atoms with van der Waals surface area (Å²) in [5.74, 6) is -2.52. The number of sulfonamides is 1. The number of allylic oxidation sites excluding steroid dienone is 1. The molecule has 2 aliphatic heterocycles. The van der Waals surface area contributed by atoms with Crippen LogP contribution in [-0.4, -0.2) is 87.4 Å². The summed E-state index contributed by atoms with van der Waals surface area (Å²) in [6, 6.07) is 13.3. The lowest BCUT2D eigenvalue weighted by Gasteiger charge is -2.29. The number of para-hydroxylation sites is 1. The number of amides is 4. The first kappa shape index (κ1) is 36.5. The molecule has 2 aliphatic carbocycles. The third kappa shape index (κ3) is 7.49. The normalized spacial score (nSPS) is 26.5. The topological polar surface area (TPSA) is 190 Å². The van der Waals surface area contributed by atoms with Crippen molar-refractivity contribution in [2.75, 3.05) is 6.54 Å². The van der Waals surface area contributed by atoms with Crippen molar-refractivity contribution in [1.29, 1.82) is 0 Å². The van der Waals surface area contributed by atoms with Crippen molar-refractivity contribution in [2.24, 2.45) is 5.92 Å². The summed E-state index contributed by atoms with van der Waals surface area (Å²) in [6.45, 7) is 1.75. The highest BCUT2D eigenvalue weighted by molar-refractivity contribution is 7.91. The van der Waals surface area contributed by atoms with E-state index in [1.807, 2.05) is 60.7 Å². The van der Waals surface area contributed by atoms with Gasteiger partial charge in [0.05, 0.1) is 29.2 Å². The van der Waals surface area contributed by atoms with Crippen molar-refractivity contribution in [2.45, 2.75) is 93.7 Å². The van der Waals surface area contributed by atoms with Gasteiger partial charge in [0.1, 0.15) is 29.4 Å². The lowest BCUT2D eigenvalue weighted by Crippen LogP contribution is -2.58. The Bertz CT molecular complexity index is 2310. The zero-order chi connectivity index (χ0) is 38.3. The Morgan fingerprint density at radius 3 is 2.47 bits per heavy atom. The average molecular weight is 766 g/mol. The van der Waals surface area contributed by atoms with Gasteiger partial charge in [-0.05, 0) is 63.0 Å². The van der Waals surface area contributed by atoms with Crippen LogP contribution in [0.15, 0.2) is 73.1 Å². The number of nitrogens with one attached hydrogen (secondary N) is 3. The molecule has 2 aromatic carbocycles. The fraction of sp³-hybridized carbons (Fsp3) is 0.425. The van der Waals surface area contributed by atoms with Gasteiger partial charge in [0.15, 0.2) is 0 Å². The molecule has 4 amide bonds. The van der Waals surface area contributed by atoms with Gasteiger partial charge < -0.3 is 20.3 Å². The fourth-order valence-electron chi connectivity index (χ4n) is 7.71. The summed E-state index contributed by atoms with van der Waals surface area (Å²) in [5.41, 5.74) is -0.0889. The third-order valence-corrected chi connectivity index (χ3v) is 12.8. The van der Waals surface area contributed by atoms with Gasteiger partial charge in [0.2, 0.25) is 27.7 Å². The number of hydrogen-bond acceptors (Lipinski definition) is 10. The molecule has 1 saturated heterocycles. The van der Waals surface area contributed by atoms with Crippen LogP contribution in [0.3, 0.4) is 0 Å². The number of carbonyl (C=O) groups is 4. The Morgan fingerprint density at radius 1 is 0.945 bits per heavy atom. The van der Waals surface area contributed by atoms with Gasteiger partial charge in [-0.15, -0.1) is 0 Å². The van der Waals surface area contributed by atoms with Crippen LogP contribution < -0.4 is 20.1 Å². The molecule has 2 saturated carbocycles. The van der Waals surface area contributed by atoms with E-state index in [0.717, 1.165) is 34.5 Å². The van der Waals surface area contributed by atoms with Crippen LogP contribution >= 0.6 is 0 Å². The van der Waals surface area contributed by atoms with Crippen LogP contribution in [0.5, 0.6) is 5.88 Å². The highest BCUT2D eigenvalue weighted by Gasteiger charge is 2.62. The van der Waals surface area contributed by atoms with E-state index in [4.69, 9.17) is 9.72 Å². The molecule has 55 heavy (non-hydrogen) atoms. The molecule has 3 N–H and O–H groups in total. The molecular formula is C40H43N7O7S. The zero-order valence-corrected chi connectivity index (χ0v) is 31.3. The predicted octanol–water partition coefficient (Wildman–Crippen LogP) is 3.64. The van der Waals surface area contributed by atoms with E-state index in [9.17, 15) is 27.6 Å². The summed E-state index contributed by atoms with van der Waals surface area (Å²) < 4.78 is 34.6. The zero-order valence-electron chi connectivity index (χ0n) is 30.4. The highest BCUT2D eigenvalue weighted by Crippen LogP contribution is 2.46. The van der Waals surface area contributed by atoms with E-state index < -0.39 is 68.5 Å². The second kappa shape index (κ2) is 14.7. The smallest absolute Gasteiger partial charge is 0.272 e. The Labute approximate surface area is 318 Å². The molecule has 4 heterocycles. The molecule has 8 rings (SSSR count). The number of aryl methyl sites for hydroxylation is 1. The van der Waals surface area contributed by atoms with Gasteiger partial charge in [-0.2, -0.15) is 0 Å². The van der Waals surface area contributed by atoms with E-state index >= 15 is 0 Å². The third-order valence-electron chi connectivity index (χ3n) is 11.0. The minimum absolute atomic E-state index is 0.00491. The summed E-state index contributed by atoms with van der Waals surface area (Å²) in [6.07, 6.45) is 10.4. The summed E-state index contributed by atoms with van der Waals surface area (Å²) in [7, 11) is -3.89. The Hall–Kier alpha value is -5.44. The molecule has 4 aromatic rings. The van der Waals surface area contributed by atoms with Gasteiger partial charge in [0.25, 0.3) is 11.8 Å². The van der Waals surface area contributed by atoms with Gasteiger partial charge in [-0.25, -0.2) is 18.4 Å². The van der Waals surface area contributed by atoms with Gasteiger partial charge in [-0.3, -0.25) is 28.9 Å². The largest absolute Gasteiger partial charge is 0.472 e. The molecule has 5 atom stereocenters. The number of nitrogens with zero attached hydrogens (tertiary/aromatic N) is 4. The van der Waals surface area contributed by atoms with Crippen LogP contribution in [0.2, 0.25) is 0 Å². The Kier molecular flexibility index (Phi) is 9.74. The van der Waals surface area contributed by atoms with E-state index in [-0.39, 0.29) is 25.1 Å². The maximum atomic E-state index is 14.6. The Balaban J connectivity index is 1.12. The van der Waals surface area contributed by atoms with E-state index in [2.05, 4.69) is 25.3 Å². The molecule has 2 aromatic heterocycles. The number of aromatic nitrogens is 3. The van der Waals surface area contributed by atoms with Crippen molar-refractivity contribution < 1.29 is 32.3 Å². The fourth-order valence-corrected chi connectivity index (χ4v) is 9.07. The second-order valence-corrected chi connectivity index (χ2v) is 17.0. The van der Waals surface area contributed by atoms with Crippen molar-refractivity contribution in [3.8, 4) is 5.88 Å². The van der Waals surface area contributed by atoms with Crippen molar-refractivity contribution >= 4 is 55.3 Å². The van der Waals surface area contributed by atoms with Crippen LogP contribution in [0, 0.1) is 12.8 Å². The quantitative estimate of drug-likeness (QED) is 0.185. The lowest BCUT2D eigenvalue weighted by atomic mass is 10.0. The molecule has 2 unspecified atom stereocenters. The van der Waals surface area contributed by atoms with Crippen molar-refractivity contribution in [1.82, 2.24) is 35.2 Å². The first-order chi connectivity index (χ1) is 26.5. The average Bonchev–Trinajstić information content (AvgIpc) is 4.11. The minimum atomic E-state index is -3.89. The van der Waals surface area contributed by atoms with Crippen LogP contribution in [0.4, 0.5) is 0 Å². The summed E-state index contributed by atoms with van der Waals surface area (Å²) >= 11 is 0. The number of ether oxygens (including phenoxy) is 1. The first-order valence-corrected chi connectivity index (χ1v) is 20.5. The first-order valence-electron chi connectivity index (χ1n) is 18.9. The van der Waals surface area contributed by atoms with Crippen molar-refractivity contribution in [3.05, 3.63) is 84.5 Å². The summed E-state index contributed by atoms with van der Waals surface area (Å²) in [5, 5.41) is 7.79. The number of benzene rings is 2. The SMILES string of the molecule is Cc1cnc(C(=O)NC2CCCCC/C=C\C3C[C@@]3(C(=O)NS(=O)(=O)C3CC3)NC(=O)[C@@H]3C[C@@H](Oc4nc5ccccc5c5ccccc45)CN3C2=O)cn1. The number of carbonyl (C=O) groups excluding carboxylic acids is 4.